The molecule has 5 N–H and O–H groups in total. The van der Waals surface area contributed by atoms with Crippen molar-refractivity contribution in [1.29, 1.82) is 0 Å². The number of rotatable bonds is 7. The smallest absolute Gasteiger partial charge is 0.326 e. The fourth-order valence-corrected chi connectivity index (χ4v) is 4.55. The second-order valence-electron chi connectivity index (χ2n) is 6.93. The van der Waals surface area contributed by atoms with E-state index in [0.717, 1.165) is 29.4 Å². The van der Waals surface area contributed by atoms with E-state index >= 15 is 0 Å². The third-order valence-corrected chi connectivity index (χ3v) is 6.15. The van der Waals surface area contributed by atoms with Gasteiger partial charge in [-0.1, -0.05) is 0 Å². The van der Waals surface area contributed by atoms with Crippen LogP contribution < -0.4 is 10.6 Å². The Morgan fingerprint density at radius 1 is 1.33 bits per heavy atom. The van der Waals surface area contributed by atoms with Crippen LogP contribution in [0.4, 0.5) is 0 Å². The molecule has 2 aliphatic heterocycles. The number of thioether (sulfide) groups is 1. The molecule has 3 heterocycles. The number of amides is 1. The molecule has 10 heteroatoms. The van der Waals surface area contributed by atoms with Gasteiger partial charge in [-0.25, -0.2) is 9.78 Å². The van der Waals surface area contributed by atoms with E-state index in [9.17, 15) is 19.5 Å². The molecule has 1 saturated heterocycles. The van der Waals surface area contributed by atoms with Crippen molar-refractivity contribution in [3.8, 4) is 0 Å². The first kappa shape index (κ1) is 19.7. The SMILES string of the molecule is O=C(O)CC[C@H](NC(=O)[C@@H]1Cc2nc(C3CCCSC3)[nH]c2CN1)C(=O)O. The molecule has 0 radical (unpaired) electrons. The summed E-state index contributed by atoms with van der Waals surface area (Å²) in [6, 6.07) is -1.80. The predicted molar refractivity (Wildman–Crippen MR) is 98.7 cm³/mol. The highest BCUT2D eigenvalue weighted by Crippen LogP contribution is 2.30. The van der Waals surface area contributed by atoms with Gasteiger partial charge in [-0.3, -0.25) is 14.9 Å². The number of aromatic nitrogens is 2. The highest BCUT2D eigenvalue weighted by atomic mass is 32.2. The van der Waals surface area contributed by atoms with Crippen LogP contribution in [-0.2, 0) is 27.3 Å². The minimum absolute atomic E-state index is 0.153. The lowest BCUT2D eigenvalue weighted by Gasteiger charge is -2.24. The summed E-state index contributed by atoms with van der Waals surface area (Å²) in [5, 5.41) is 23.4. The lowest BCUT2D eigenvalue weighted by molar-refractivity contribution is -0.143. The molecule has 1 fully saturated rings. The first-order chi connectivity index (χ1) is 12.9. The lowest BCUT2D eigenvalue weighted by atomic mass is 10.0. The number of carboxylic acid groups (broad SMARTS) is 2. The molecule has 9 nitrogen and oxygen atoms in total. The molecular formula is C17H24N4O5S. The molecule has 0 aromatic carbocycles. The van der Waals surface area contributed by atoms with Gasteiger partial charge < -0.3 is 20.5 Å². The highest BCUT2D eigenvalue weighted by Gasteiger charge is 2.31. The van der Waals surface area contributed by atoms with Crippen LogP contribution in [0.2, 0.25) is 0 Å². The maximum atomic E-state index is 12.5. The molecule has 1 aromatic rings. The Bertz CT molecular complexity index is 716. The van der Waals surface area contributed by atoms with Crippen LogP contribution in [-0.4, -0.2) is 61.6 Å². The van der Waals surface area contributed by atoms with E-state index in [2.05, 4.69) is 15.6 Å². The molecule has 0 saturated carbocycles. The molecule has 2 aliphatic rings. The summed E-state index contributed by atoms with van der Waals surface area (Å²) >= 11 is 1.93. The maximum absolute atomic E-state index is 12.5. The third-order valence-electron chi connectivity index (χ3n) is 4.93. The van der Waals surface area contributed by atoms with Gasteiger partial charge in [-0.05, 0) is 25.0 Å². The monoisotopic (exact) mass is 396 g/mol. The Labute approximate surface area is 160 Å². The van der Waals surface area contributed by atoms with Crippen LogP contribution >= 0.6 is 11.8 Å². The van der Waals surface area contributed by atoms with Crippen molar-refractivity contribution in [2.75, 3.05) is 11.5 Å². The van der Waals surface area contributed by atoms with Gasteiger partial charge in [0.1, 0.15) is 11.9 Å². The number of aromatic amines is 1. The van der Waals surface area contributed by atoms with E-state index in [-0.39, 0.29) is 12.8 Å². The van der Waals surface area contributed by atoms with E-state index in [4.69, 9.17) is 10.1 Å². The third kappa shape index (κ3) is 5.01. The first-order valence-corrected chi connectivity index (χ1v) is 10.2. The van der Waals surface area contributed by atoms with Crippen LogP contribution in [0.3, 0.4) is 0 Å². The minimum Gasteiger partial charge on any atom is -0.481 e. The summed E-state index contributed by atoms with van der Waals surface area (Å²) in [6.07, 6.45) is 2.20. The quantitative estimate of drug-likeness (QED) is 0.447. The fourth-order valence-electron chi connectivity index (χ4n) is 3.41. The zero-order valence-corrected chi connectivity index (χ0v) is 15.7. The second kappa shape index (κ2) is 8.75. The van der Waals surface area contributed by atoms with E-state index in [0.29, 0.717) is 18.9 Å². The van der Waals surface area contributed by atoms with Gasteiger partial charge in [-0.2, -0.15) is 11.8 Å². The van der Waals surface area contributed by atoms with Crippen molar-refractivity contribution >= 4 is 29.6 Å². The number of hydrogen-bond donors (Lipinski definition) is 5. The molecule has 0 aliphatic carbocycles. The van der Waals surface area contributed by atoms with Gasteiger partial charge in [0.05, 0.1) is 17.4 Å². The number of carbonyl (C=O) groups is 3. The lowest BCUT2D eigenvalue weighted by Crippen LogP contribution is -2.52. The van der Waals surface area contributed by atoms with Crippen molar-refractivity contribution in [3.63, 3.8) is 0 Å². The summed E-state index contributed by atoms with van der Waals surface area (Å²) in [7, 11) is 0. The van der Waals surface area contributed by atoms with Gasteiger partial charge in [0.2, 0.25) is 5.91 Å². The van der Waals surface area contributed by atoms with Gasteiger partial charge >= 0.3 is 11.9 Å². The van der Waals surface area contributed by atoms with Crippen LogP contribution in [0.15, 0.2) is 0 Å². The Balaban J connectivity index is 1.60. The molecule has 1 amide bonds. The Hall–Kier alpha value is -2.07. The van der Waals surface area contributed by atoms with Crippen molar-refractivity contribution in [1.82, 2.24) is 20.6 Å². The molecule has 1 unspecified atom stereocenters. The van der Waals surface area contributed by atoms with Crippen LogP contribution in [0.25, 0.3) is 0 Å². The number of fused-ring (bicyclic) bond motifs is 1. The molecule has 3 atom stereocenters. The fraction of sp³-hybridized carbons (Fsp3) is 0.647. The number of hydrogen-bond acceptors (Lipinski definition) is 6. The van der Waals surface area contributed by atoms with Gasteiger partial charge in [0.15, 0.2) is 0 Å². The van der Waals surface area contributed by atoms with E-state index in [1.807, 2.05) is 11.8 Å². The first-order valence-electron chi connectivity index (χ1n) is 9.07. The topological polar surface area (TPSA) is 144 Å². The number of carboxylic acids is 2. The normalized spacial score (nSPS) is 23.3. The Morgan fingerprint density at radius 3 is 2.81 bits per heavy atom. The Kier molecular flexibility index (Phi) is 6.38. The summed E-state index contributed by atoms with van der Waals surface area (Å²) in [5.41, 5.74) is 1.82. The zero-order chi connectivity index (χ0) is 19.4. The molecule has 27 heavy (non-hydrogen) atoms. The summed E-state index contributed by atoms with van der Waals surface area (Å²) in [4.78, 5) is 42.4. The maximum Gasteiger partial charge on any atom is 0.326 e. The van der Waals surface area contributed by atoms with Crippen molar-refractivity contribution in [3.05, 3.63) is 17.2 Å². The molecular weight excluding hydrogens is 372 g/mol. The average Bonchev–Trinajstić information content (AvgIpc) is 3.08. The van der Waals surface area contributed by atoms with Gasteiger partial charge in [-0.15, -0.1) is 0 Å². The van der Waals surface area contributed by atoms with Gasteiger partial charge in [0, 0.05) is 31.1 Å². The van der Waals surface area contributed by atoms with E-state index < -0.39 is 29.9 Å². The minimum atomic E-state index is -1.24. The molecule has 0 bridgehead atoms. The molecule has 0 spiro atoms. The number of nitrogens with zero attached hydrogens (tertiary/aromatic N) is 1. The molecule has 1 aromatic heterocycles. The van der Waals surface area contributed by atoms with Crippen LogP contribution in [0, 0.1) is 0 Å². The van der Waals surface area contributed by atoms with E-state index in [1.54, 1.807) is 0 Å². The largest absolute Gasteiger partial charge is 0.481 e. The standard InChI is InChI=1S/C17H24N4O5S/c22-14(23)4-3-10(17(25)26)21-16(24)12-6-11-13(7-18-12)20-15(19-11)9-2-1-5-27-8-9/h9-10,12,18H,1-8H2,(H,19,20)(H,21,24)(H,22,23)(H,25,26)/t9?,10-,12-/m0/s1. The predicted octanol–water partition coefficient (Wildman–Crippen LogP) is 0.469. The Morgan fingerprint density at radius 2 is 2.15 bits per heavy atom. The summed E-state index contributed by atoms with van der Waals surface area (Å²) in [5.74, 6) is 0.838. The number of imidazole rings is 1. The number of carbonyl (C=O) groups excluding carboxylic acids is 1. The van der Waals surface area contributed by atoms with Crippen LogP contribution in [0.5, 0.6) is 0 Å². The number of nitrogens with one attached hydrogen (secondary N) is 3. The zero-order valence-electron chi connectivity index (χ0n) is 14.9. The second-order valence-corrected chi connectivity index (χ2v) is 8.08. The van der Waals surface area contributed by atoms with E-state index in [1.165, 1.54) is 12.2 Å². The summed E-state index contributed by atoms with van der Waals surface area (Å²) < 4.78 is 0. The molecule has 3 rings (SSSR count). The van der Waals surface area contributed by atoms with Crippen LogP contribution in [0.1, 0.15) is 48.8 Å². The number of H-pyrrole nitrogens is 1. The van der Waals surface area contributed by atoms with Crippen molar-refractivity contribution in [2.24, 2.45) is 0 Å². The summed E-state index contributed by atoms with van der Waals surface area (Å²) in [6.45, 7) is 0.465. The van der Waals surface area contributed by atoms with Gasteiger partial charge in [0.25, 0.3) is 0 Å². The average molecular weight is 396 g/mol. The molecule has 148 valence electrons. The van der Waals surface area contributed by atoms with Crippen molar-refractivity contribution < 1.29 is 24.6 Å². The highest BCUT2D eigenvalue weighted by molar-refractivity contribution is 7.99. The number of aliphatic carboxylic acids is 2. The van der Waals surface area contributed by atoms with Crippen molar-refractivity contribution in [2.45, 2.75) is 56.7 Å².